The third kappa shape index (κ3) is 4.26. The van der Waals surface area contributed by atoms with Gasteiger partial charge in [-0.25, -0.2) is 15.4 Å². The van der Waals surface area contributed by atoms with Crippen LogP contribution in [0.4, 0.5) is 5.95 Å². The number of aryl methyl sites for hydroxylation is 3. The molecule has 0 fully saturated rings. The zero-order valence-corrected chi connectivity index (χ0v) is 17.6. The monoisotopic (exact) mass is 424 g/mol. The third-order valence-corrected chi connectivity index (χ3v) is 4.86. The first-order chi connectivity index (χ1) is 13.9. The maximum Gasteiger partial charge on any atom is 0.243 e. The Morgan fingerprint density at radius 1 is 0.897 bits per heavy atom. The predicted molar refractivity (Wildman–Crippen MR) is 117 cm³/mol. The molecule has 1 N–H and O–H groups in total. The van der Waals surface area contributed by atoms with Crippen LogP contribution in [-0.2, 0) is 0 Å². The third-order valence-electron chi connectivity index (χ3n) is 4.36. The fraction of sp³-hybridized carbons (Fsp3) is 0.136. The molecule has 0 spiro atoms. The van der Waals surface area contributed by atoms with Crippen molar-refractivity contribution in [3.63, 3.8) is 0 Å². The van der Waals surface area contributed by atoms with E-state index in [1.54, 1.807) is 12.1 Å². The van der Waals surface area contributed by atoms with Gasteiger partial charge in [0.15, 0.2) is 5.58 Å². The number of anilines is 1. The number of rotatable bonds is 3. The van der Waals surface area contributed by atoms with Crippen molar-refractivity contribution in [1.29, 1.82) is 0 Å². The molecule has 2 aromatic carbocycles. The van der Waals surface area contributed by atoms with E-state index in [0.29, 0.717) is 38.1 Å². The van der Waals surface area contributed by atoms with E-state index in [1.165, 1.54) is 0 Å². The lowest BCUT2D eigenvalue weighted by atomic mass is 10.1. The highest BCUT2D eigenvalue weighted by Crippen LogP contribution is 2.30. The predicted octanol–water partition coefficient (Wildman–Crippen LogP) is 6.05. The topological polar surface area (TPSA) is 63.3 Å². The van der Waals surface area contributed by atoms with Gasteiger partial charge >= 0.3 is 0 Å². The maximum atomic E-state index is 6.41. The molecule has 0 radical (unpaired) electrons. The lowest BCUT2D eigenvalue weighted by molar-refractivity contribution is 0.618. The quantitative estimate of drug-likeness (QED) is 0.406. The van der Waals surface area contributed by atoms with Gasteiger partial charge in [-0.1, -0.05) is 53.0 Å². The van der Waals surface area contributed by atoms with Crippen LogP contribution in [0.3, 0.4) is 0 Å². The van der Waals surface area contributed by atoms with E-state index < -0.39 is 0 Å². The van der Waals surface area contributed by atoms with Gasteiger partial charge in [0.2, 0.25) is 5.95 Å². The Morgan fingerprint density at radius 3 is 2.28 bits per heavy atom. The Labute approximate surface area is 178 Å². The van der Waals surface area contributed by atoms with E-state index in [-0.39, 0.29) is 0 Å². The molecule has 0 aliphatic carbocycles. The SMILES string of the molecule is Cc1ccc(-c2c/c(=N\Nc3nc(C)cc(C)n3)c3cc(Cl)cc(Cl)c3o2)cc1. The molecule has 0 unspecified atom stereocenters. The average molecular weight is 425 g/mol. The Morgan fingerprint density at radius 2 is 1.59 bits per heavy atom. The smallest absolute Gasteiger partial charge is 0.243 e. The van der Waals surface area contributed by atoms with Gasteiger partial charge in [0.05, 0.1) is 10.4 Å². The minimum atomic E-state index is 0.417. The molecule has 146 valence electrons. The molecular weight excluding hydrogens is 407 g/mol. The summed E-state index contributed by atoms with van der Waals surface area (Å²) in [5, 5.41) is 6.75. The van der Waals surface area contributed by atoms with Crippen molar-refractivity contribution < 1.29 is 4.42 Å². The lowest BCUT2D eigenvalue weighted by Gasteiger charge is -2.08. The van der Waals surface area contributed by atoms with Crippen LogP contribution in [0.25, 0.3) is 22.3 Å². The van der Waals surface area contributed by atoms with Crippen molar-refractivity contribution in [1.82, 2.24) is 9.97 Å². The zero-order valence-electron chi connectivity index (χ0n) is 16.1. The van der Waals surface area contributed by atoms with Gasteiger partial charge in [-0.3, -0.25) is 0 Å². The fourth-order valence-electron chi connectivity index (χ4n) is 3.03. The van der Waals surface area contributed by atoms with Gasteiger partial charge in [-0.15, -0.1) is 0 Å². The van der Waals surface area contributed by atoms with Crippen LogP contribution in [0.2, 0.25) is 10.0 Å². The molecule has 29 heavy (non-hydrogen) atoms. The summed E-state index contributed by atoms with van der Waals surface area (Å²) in [7, 11) is 0. The summed E-state index contributed by atoms with van der Waals surface area (Å²) in [6, 6.07) is 15.2. The Kier molecular flexibility index (Phi) is 5.26. The highest BCUT2D eigenvalue weighted by molar-refractivity contribution is 6.38. The molecule has 0 atom stereocenters. The van der Waals surface area contributed by atoms with Gasteiger partial charge in [0, 0.05) is 33.4 Å². The number of hydrogen-bond donors (Lipinski definition) is 1. The zero-order chi connectivity index (χ0) is 20.5. The van der Waals surface area contributed by atoms with E-state index in [1.807, 2.05) is 57.2 Å². The first-order valence-corrected chi connectivity index (χ1v) is 9.76. The van der Waals surface area contributed by atoms with E-state index in [2.05, 4.69) is 20.5 Å². The summed E-state index contributed by atoms with van der Waals surface area (Å²) in [6.45, 7) is 5.85. The summed E-state index contributed by atoms with van der Waals surface area (Å²) in [5.74, 6) is 1.06. The van der Waals surface area contributed by atoms with Gasteiger partial charge < -0.3 is 4.42 Å². The van der Waals surface area contributed by atoms with E-state index in [4.69, 9.17) is 27.6 Å². The van der Waals surface area contributed by atoms with Gasteiger partial charge in [-0.05, 0) is 39.0 Å². The second-order valence-corrected chi connectivity index (χ2v) is 7.67. The standard InChI is InChI=1S/C22H18Cl2N4O/c1-12-4-6-15(7-5-12)20-11-19(17-9-16(23)10-18(24)21(17)29-20)27-28-22-25-13(2)8-14(3)26-22/h4-11H,1-3H3,(H,25,26,28)/b27-19+. The first-order valence-electron chi connectivity index (χ1n) is 9.01. The summed E-state index contributed by atoms with van der Waals surface area (Å²) in [6.07, 6.45) is 0. The molecule has 4 rings (SSSR count). The molecular formula is C22H18Cl2N4O. The van der Waals surface area contributed by atoms with Crippen molar-refractivity contribution in [3.05, 3.63) is 80.9 Å². The Balaban J connectivity index is 1.91. The Bertz CT molecular complexity index is 1260. The van der Waals surface area contributed by atoms with Crippen LogP contribution in [0.15, 0.2) is 58.0 Å². The summed E-state index contributed by atoms with van der Waals surface area (Å²) < 4.78 is 6.09. The number of benzene rings is 2. The Hall–Kier alpha value is -2.89. The number of hydrogen-bond acceptors (Lipinski definition) is 5. The van der Waals surface area contributed by atoms with Crippen molar-refractivity contribution in [2.24, 2.45) is 5.10 Å². The van der Waals surface area contributed by atoms with Gasteiger partial charge in [0.1, 0.15) is 5.76 Å². The highest BCUT2D eigenvalue weighted by atomic mass is 35.5. The minimum Gasteiger partial charge on any atom is -0.454 e. The van der Waals surface area contributed by atoms with Gasteiger partial charge in [-0.2, -0.15) is 5.10 Å². The molecule has 0 aliphatic rings. The molecule has 0 amide bonds. The maximum absolute atomic E-state index is 6.41. The molecule has 5 nitrogen and oxygen atoms in total. The highest BCUT2D eigenvalue weighted by Gasteiger charge is 2.11. The summed E-state index contributed by atoms with van der Waals surface area (Å²) in [4.78, 5) is 8.73. The number of nitrogens with zero attached hydrogens (tertiary/aromatic N) is 3. The minimum absolute atomic E-state index is 0.417. The molecule has 2 aromatic heterocycles. The van der Waals surface area contributed by atoms with Crippen LogP contribution in [-0.4, -0.2) is 9.97 Å². The second-order valence-electron chi connectivity index (χ2n) is 6.82. The fourth-order valence-corrected chi connectivity index (χ4v) is 3.57. The van der Waals surface area contributed by atoms with Crippen LogP contribution < -0.4 is 10.8 Å². The normalized spacial score (nSPS) is 11.8. The van der Waals surface area contributed by atoms with E-state index >= 15 is 0 Å². The lowest BCUT2D eigenvalue weighted by Crippen LogP contribution is -2.09. The molecule has 0 saturated carbocycles. The van der Waals surface area contributed by atoms with Gasteiger partial charge in [0.25, 0.3) is 0 Å². The molecule has 0 saturated heterocycles. The number of halogens is 2. The number of aromatic nitrogens is 2. The van der Waals surface area contributed by atoms with Crippen molar-refractivity contribution in [2.45, 2.75) is 20.8 Å². The molecule has 7 heteroatoms. The van der Waals surface area contributed by atoms with Crippen LogP contribution in [0.5, 0.6) is 0 Å². The number of fused-ring (bicyclic) bond motifs is 1. The van der Waals surface area contributed by atoms with Crippen molar-refractivity contribution >= 4 is 40.1 Å². The molecule has 4 aromatic rings. The van der Waals surface area contributed by atoms with E-state index in [0.717, 1.165) is 22.5 Å². The van der Waals surface area contributed by atoms with Crippen molar-refractivity contribution in [3.8, 4) is 11.3 Å². The largest absolute Gasteiger partial charge is 0.454 e. The first kappa shape index (κ1) is 19.4. The van der Waals surface area contributed by atoms with Crippen LogP contribution in [0.1, 0.15) is 17.0 Å². The van der Waals surface area contributed by atoms with E-state index in [9.17, 15) is 0 Å². The molecule has 0 aliphatic heterocycles. The summed E-state index contributed by atoms with van der Waals surface area (Å²) >= 11 is 12.6. The molecule has 2 heterocycles. The van der Waals surface area contributed by atoms with Crippen LogP contribution in [0, 0.1) is 20.8 Å². The van der Waals surface area contributed by atoms with Crippen LogP contribution >= 0.6 is 23.2 Å². The van der Waals surface area contributed by atoms with Crippen molar-refractivity contribution in [2.75, 3.05) is 5.43 Å². The number of nitrogens with one attached hydrogen (secondary N) is 1. The average Bonchev–Trinajstić information content (AvgIpc) is 2.66. The second kappa shape index (κ2) is 7.85. The molecule has 0 bridgehead atoms. The summed E-state index contributed by atoms with van der Waals surface area (Å²) in [5.41, 5.74) is 7.24.